The molecule has 40 heteroatoms. The van der Waals surface area contributed by atoms with Gasteiger partial charge in [-0.3, -0.25) is 19.4 Å². The minimum atomic E-state index is -4.76. The number of aromatic nitrogens is 9. The standard InChI is InChI=1S/C18H22ClNO3.C15H14Cl2F3N3O3.C14H13F3N2O4S.C14H14IN5O6S.Na/c1-3-4-5-7-13(2)23-17(21)12-22-16-10-9-15(19)14-8-6-11-20-18(14)16;1-3-26-13(24)10(17)4-8-5-12(11(18)6-9(8)16)23-15(25)22(14(19)20)7(2)21-23;1-7-11(13(21)19(2)18-7)12(20)9-5-4-8(14(15,16)17)6-10(9)24(3,22)23;1-7-16-12(19-14(17-7)26-3)18-13(22)20-27(23,24)10-6-8(15)4-5-9(10)11(21)25-2;/h6,8-11,13H,3-5,7,12H2,1-2H3;5-6,10,14H,3-4H2,1-2H3;4-6,21H,1-3H3;4-6H,1-3H3,(H2,16,17,18,19,20,22);/q;;;;+1/p-1. The number of anilines is 1. The van der Waals surface area contributed by atoms with Crippen molar-refractivity contribution >= 4 is 124 Å². The summed E-state index contributed by atoms with van der Waals surface area (Å²) in [5.74, 6) is -4.06. The number of ketones is 1. The Bertz CT molecular complexity index is 4640. The zero-order valence-corrected chi connectivity index (χ0v) is 63.4. The van der Waals surface area contributed by atoms with E-state index in [-0.39, 0.29) is 123 Å². The number of aryl methyl sites for hydroxylation is 4. The van der Waals surface area contributed by atoms with Crippen molar-refractivity contribution in [1.82, 2.24) is 44.1 Å². The number of alkyl halides is 6. The number of methoxy groups -OCH3 is 2. The van der Waals surface area contributed by atoms with Crippen LogP contribution < -0.4 is 50.0 Å². The average molecular weight is 1640 g/mol. The van der Waals surface area contributed by atoms with Crippen LogP contribution >= 0.6 is 57.4 Å². The van der Waals surface area contributed by atoms with E-state index in [1.165, 1.54) is 53.1 Å². The van der Waals surface area contributed by atoms with Crippen LogP contribution in [0.4, 0.5) is 37.1 Å². The summed E-state index contributed by atoms with van der Waals surface area (Å²) in [6.07, 6.45) is 1.67. The van der Waals surface area contributed by atoms with Crippen LogP contribution in [-0.2, 0) is 63.3 Å². The zero-order valence-electron chi connectivity index (χ0n) is 55.3. The molecule has 4 heterocycles. The molecular weight excluding hydrogens is 1580 g/mol. The number of urea groups is 1. The van der Waals surface area contributed by atoms with Crippen molar-refractivity contribution < 1.29 is 125 Å². The molecule has 0 aliphatic heterocycles. The van der Waals surface area contributed by atoms with Gasteiger partial charge in [0.2, 0.25) is 21.7 Å². The Hall–Kier alpha value is -7.72. The molecule has 540 valence electrons. The van der Waals surface area contributed by atoms with Crippen LogP contribution in [0.15, 0.2) is 93.6 Å². The first-order valence-electron chi connectivity index (χ1n) is 29.0. The first-order valence-corrected chi connectivity index (χ1v) is 34.6. The Morgan fingerprint density at radius 1 is 0.871 bits per heavy atom. The molecule has 2 unspecified atom stereocenters. The molecule has 0 saturated carbocycles. The Morgan fingerprint density at radius 3 is 2.13 bits per heavy atom. The first kappa shape index (κ1) is 85.7. The molecule has 8 aromatic rings. The zero-order chi connectivity index (χ0) is 74.9. The Morgan fingerprint density at radius 2 is 1.54 bits per heavy atom. The second-order valence-electron chi connectivity index (χ2n) is 20.8. The summed E-state index contributed by atoms with van der Waals surface area (Å²) in [6, 6.07) is 13.6. The molecule has 2 amide bonds. The van der Waals surface area contributed by atoms with Crippen LogP contribution in [0.1, 0.15) is 108 Å². The minimum Gasteiger partial charge on any atom is -0.493 e. The van der Waals surface area contributed by atoms with Gasteiger partial charge >= 0.3 is 71.9 Å². The fraction of sp³-hybridized carbons (Fsp3) is 0.344. The van der Waals surface area contributed by atoms with Gasteiger partial charge in [0, 0.05) is 45.5 Å². The average Bonchev–Trinajstić information content (AvgIpc) is 1.77. The van der Waals surface area contributed by atoms with E-state index in [1.807, 2.05) is 41.6 Å². The summed E-state index contributed by atoms with van der Waals surface area (Å²) < 4.78 is 158. The van der Waals surface area contributed by atoms with Gasteiger partial charge in [-0.15, -0.1) is 16.7 Å². The van der Waals surface area contributed by atoms with Gasteiger partial charge in [0.1, 0.15) is 39.5 Å². The molecule has 4 aromatic heterocycles. The van der Waals surface area contributed by atoms with Crippen LogP contribution in [0.3, 0.4) is 0 Å². The third-order valence-corrected chi connectivity index (χ3v) is 17.5. The molecule has 2 atom stereocenters. The number of unbranched alkanes of at least 4 members (excludes halogenated alkanes) is 2. The largest absolute Gasteiger partial charge is 1.00 e. The SMILES string of the molecule is CCCCCC(C)OC(=O)COc1ccc(Cl)c2cccnc12.CCOC(=O)C(Cl)Cc1cc(-n2nc(C)n(C(F)F)c2=O)c(F)cc1Cl.COC(=O)c1ccc(I)cc1S(=O)(=O)[N-]C(=O)Nc1nc(C)nc(OC)n1.Cc1nn(C)c(O)c1C(=O)c1ccc(C(F)(F)F)cc1S(C)(=O)=O.[Na+]. The number of sulfonamides is 1. The maximum absolute atomic E-state index is 14.2. The second-order valence-corrected chi connectivity index (χ2v) is 26.9. The molecule has 0 radical (unpaired) electrons. The van der Waals surface area contributed by atoms with Crippen molar-refractivity contribution in [2.75, 3.05) is 39.0 Å². The number of amides is 2. The summed E-state index contributed by atoms with van der Waals surface area (Å²) in [6.45, 7) is 6.67. The molecule has 0 aliphatic carbocycles. The van der Waals surface area contributed by atoms with Crippen molar-refractivity contribution in [2.45, 2.75) is 108 Å². The Kier molecular flexibility index (Phi) is 32.2. The number of sulfone groups is 1. The topological polar surface area (TPSA) is 355 Å². The van der Waals surface area contributed by atoms with E-state index in [0.717, 1.165) is 61.1 Å². The fourth-order valence-electron chi connectivity index (χ4n) is 8.74. The number of hydrogen-bond donors (Lipinski definition) is 2. The molecule has 0 spiro atoms. The molecule has 0 aliphatic rings. The van der Waals surface area contributed by atoms with E-state index in [0.29, 0.717) is 42.9 Å². The summed E-state index contributed by atoms with van der Waals surface area (Å²) in [4.78, 5) is 86.5. The van der Waals surface area contributed by atoms with Gasteiger partial charge in [0.25, 0.3) is 0 Å². The summed E-state index contributed by atoms with van der Waals surface area (Å²) in [5.41, 5.74) is -2.75. The third kappa shape index (κ3) is 23.7. The molecule has 4 aromatic carbocycles. The van der Waals surface area contributed by atoms with Crippen LogP contribution in [-0.4, -0.2) is 141 Å². The number of rotatable bonds is 22. The van der Waals surface area contributed by atoms with Crippen molar-refractivity contribution in [3.63, 3.8) is 0 Å². The van der Waals surface area contributed by atoms with Crippen LogP contribution in [0.25, 0.3) is 21.3 Å². The number of pyridine rings is 1. The van der Waals surface area contributed by atoms with Gasteiger partial charge in [0.15, 0.2) is 34.2 Å². The predicted octanol–water partition coefficient (Wildman–Crippen LogP) is 8.99. The van der Waals surface area contributed by atoms with E-state index in [4.69, 9.17) is 53.8 Å². The molecule has 0 fully saturated rings. The number of halogens is 10. The predicted molar refractivity (Wildman–Crippen MR) is 359 cm³/mol. The Balaban J connectivity index is 0.000000285. The van der Waals surface area contributed by atoms with Crippen molar-refractivity contribution in [3.8, 4) is 23.3 Å². The molecular formula is C61H62Cl3F6IN11NaO16S2. The van der Waals surface area contributed by atoms with Crippen molar-refractivity contribution in [3.05, 3.63) is 159 Å². The Labute approximate surface area is 624 Å². The van der Waals surface area contributed by atoms with E-state index >= 15 is 0 Å². The van der Waals surface area contributed by atoms with Gasteiger partial charge in [-0.1, -0.05) is 43.0 Å². The fourth-order valence-corrected chi connectivity index (χ4v) is 12.1. The number of esters is 3. The maximum Gasteiger partial charge on any atom is 1.00 e. The van der Waals surface area contributed by atoms with E-state index < -0.39 is 100 Å². The molecule has 8 rings (SSSR count). The maximum atomic E-state index is 14.2. The van der Waals surface area contributed by atoms with Gasteiger partial charge in [0.05, 0.1) is 58.6 Å². The number of nitrogens with one attached hydrogen (secondary N) is 1. The summed E-state index contributed by atoms with van der Waals surface area (Å²) in [7, 11) is -4.83. The number of ether oxygens (including phenoxy) is 5. The number of carbonyl (C=O) groups is 5. The van der Waals surface area contributed by atoms with Gasteiger partial charge < -0.3 is 38.8 Å². The monoisotopic (exact) mass is 1640 g/mol. The first-order chi connectivity index (χ1) is 46.8. The quantitative estimate of drug-likeness (QED) is 0.00933. The normalized spacial score (nSPS) is 11.8. The van der Waals surface area contributed by atoms with Crippen molar-refractivity contribution in [2.24, 2.45) is 7.05 Å². The van der Waals surface area contributed by atoms with Crippen LogP contribution in [0, 0.1) is 30.2 Å². The number of aromatic hydroxyl groups is 1. The van der Waals surface area contributed by atoms with E-state index in [2.05, 4.69) is 51.8 Å². The summed E-state index contributed by atoms with van der Waals surface area (Å²) in [5, 5.41) is 19.7. The summed E-state index contributed by atoms with van der Waals surface area (Å²) >= 11 is 19.9. The molecule has 27 nitrogen and oxygen atoms in total. The smallest absolute Gasteiger partial charge is 0.493 e. The molecule has 101 heavy (non-hydrogen) atoms. The number of benzene rings is 4. The minimum absolute atomic E-state index is 0. The van der Waals surface area contributed by atoms with Crippen LogP contribution in [0.2, 0.25) is 10.0 Å². The van der Waals surface area contributed by atoms with Gasteiger partial charge in [-0.25, -0.2) is 49.8 Å². The van der Waals surface area contributed by atoms with Gasteiger partial charge in [-0.05, 0) is 148 Å². The molecule has 0 saturated heterocycles. The van der Waals surface area contributed by atoms with Gasteiger partial charge in [-0.2, -0.15) is 41.7 Å². The molecule has 0 bridgehead atoms. The number of carbonyl (C=O) groups excluding carboxylic acids is 5. The second kappa shape index (κ2) is 38.0. The third-order valence-electron chi connectivity index (χ3n) is 13.4. The van der Waals surface area contributed by atoms with E-state index in [9.17, 15) is 77.1 Å². The van der Waals surface area contributed by atoms with E-state index in [1.54, 1.807) is 25.3 Å². The number of hydrogen-bond acceptors (Lipinski definition) is 22. The number of nitrogens with zero attached hydrogens (tertiary/aromatic N) is 10. The van der Waals surface area contributed by atoms with Crippen molar-refractivity contribution in [1.29, 1.82) is 0 Å². The van der Waals surface area contributed by atoms with Crippen LogP contribution in [0.5, 0.6) is 17.6 Å². The molecule has 2 N–H and O–H groups in total. The number of fused-ring (bicyclic) bond motifs is 1.